The van der Waals surface area contributed by atoms with Gasteiger partial charge in [-0.25, -0.2) is 0 Å². The molecule has 0 radical (unpaired) electrons. The first-order chi connectivity index (χ1) is 10.5. The lowest BCUT2D eigenvalue weighted by Gasteiger charge is -2.13. The van der Waals surface area contributed by atoms with Gasteiger partial charge in [-0.1, -0.05) is 30.1 Å². The zero-order valence-electron chi connectivity index (χ0n) is 12.4. The average Bonchev–Trinajstić information content (AvgIpc) is 2.51. The van der Waals surface area contributed by atoms with Crippen LogP contribution in [0.15, 0.2) is 36.7 Å². The van der Waals surface area contributed by atoms with Gasteiger partial charge in [0.15, 0.2) is 0 Å². The number of hydrogen-bond donors (Lipinski definition) is 2. The highest BCUT2D eigenvalue weighted by molar-refractivity contribution is 6.42. The summed E-state index contributed by atoms with van der Waals surface area (Å²) in [4.78, 5) is 16.4. The number of anilines is 2. The number of amides is 1. The predicted molar refractivity (Wildman–Crippen MR) is 92.0 cm³/mol. The topological polar surface area (TPSA) is 54.0 Å². The predicted octanol–water partition coefficient (Wildman–Crippen LogP) is 4.85. The maximum atomic E-state index is 12.3. The highest BCUT2D eigenvalue weighted by Gasteiger charge is 2.09. The Labute approximate surface area is 139 Å². The molecular formula is C16H17Cl2N3O. The molecule has 0 fully saturated rings. The Bertz CT molecular complexity index is 676. The van der Waals surface area contributed by atoms with E-state index in [1.807, 2.05) is 0 Å². The quantitative estimate of drug-likeness (QED) is 0.819. The molecule has 0 spiro atoms. The molecule has 1 heterocycles. The van der Waals surface area contributed by atoms with Crippen LogP contribution >= 0.6 is 23.2 Å². The Morgan fingerprint density at radius 1 is 1.18 bits per heavy atom. The van der Waals surface area contributed by atoms with Gasteiger partial charge in [0, 0.05) is 24.1 Å². The number of carbonyl (C=O) groups excluding carboxylic acids is 1. The fraction of sp³-hybridized carbons (Fsp3) is 0.250. The third kappa shape index (κ3) is 4.36. The first-order valence-electron chi connectivity index (χ1n) is 6.97. The average molecular weight is 338 g/mol. The number of benzene rings is 1. The van der Waals surface area contributed by atoms with Crippen LogP contribution in [0.2, 0.25) is 10.0 Å². The molecule has 0 saturated heterocycles. The van der Waals surface area contributed by atoms with Gasteiger partial charge in [0.25, 0.3) is 5.91 Å². The van der Waals surface area contributed by atoms with E-state index in [1.54, 1.807) is 30.5 Å². The lowest BCUT2D eigenvalue weighted by molar-refractivity contribution is 0.102. The fourth-order valence-electron chi connectivity index (χ4n) is 1.81. The van der Waals surface area contributed by atoms with E-state index in [4.69, 9.17) is 23.2 Å². The van der Waals surface area contributed by atoms with Gasteiger partial charge in [0.1, 0.15) is 0 Å². The summed E-state index contributed by atoms with van der Waals surface area (Å²) in [5.41, 5.74) is 1.87. The largest absolute Gasteiger partial charge is 0.381 e. The van der Waals surface area contributed by atoms with Crippen LogP contribution in [0.5, 0.6) is 0 Å². The smallest absolute Gasteiger partial charge is 0.257 e. The molecule has 0 aliphatic heterocycles. The number of nitrogens with zero attached hydrogens (tertiary/aromatic N) is 1. The lowest BCUT2D eigenvalue weighted by Crippen LogP contribution is -2.16. The summed E-state index contributed by atoms with van der Waals surface area (Å²) in [5, 5.41) is 6.90. The van der Waals surface area contributed by atoms with Crippen molar-refractivity contribution in [1.82, 2.24) is 4.98 Å². The zero-order chi connectivity index (χ0) is 16.1. The summed E-state index contributed by atoms with van der Waals surface area (Å²) in [7, 11) is 0. The van der Waals surface area contributed by atoms with Crippen LogP contribution in [0.1, 0.15) is 30.6 Å². The van der Waals surface area contributed by atoms with Crippen molar-refractivity contribution in [1.29, 1.82) is 0 Å². The Morgan fingerprint density at radius 3 is 2.64 bits per heavy atom. The summed E-state index contributed by atoms with van der Waals surface area (Å²) in [6.07, 6.45) is 4.20. The minimum atomic E-state index is -0.251. The van der Waals surface area contributed by atoms with Crippen molar-refractivity contribution in [3.8, 4) is 0 Å². The molecule has 1 unspecified atom stereocenters. The van der Waals surface area contributed by atoms with Gasteiger partial charge in [-0.2, -0.15) is 0 Å². The summed E-state index contributed by atoms with van der Waals surface area (Å²) in [6, 6.07) is 7.03. The first-order valence-corrected chi connectivity index (χ1v) is 7.73. The van der Waals surface area contributed by atoms with E-state index in [2.05, 4.69) is 29.5 Å². The van der Waals surface area contributed by atoms with Gasteiger partial charge in [-0.15, -0.1) is 0 Å². The van der Waals surface area contributed by atoms with Crippen molar-refractivity contribution >= 4 is 40.5 Å². The lowest BCUT2D eigenvalue weighted by atomic mass is 10.2. The van der Waals surface area contributed by atoms with Crippen LogP contribution in [0, 0.1) is 0 Å². The molecule has 2 aromatic rings. The number of nitrogens with one attached hydrogen (secondary N) is 2. The second-order valence-electron chi connectivity index (χ2n) is 5.00. The standard InChI is InChI=1S/C16H17Cl2N3O/c1-3-10(2)20-13-6-11(8-19-9-13)16(22)21-12-4-5-14(17)15(18)7-12/h4-10,20H,3H2,1-2H3,(H,21,22). The van der Waals surface area contributed by atoms with E-state index in [-0.39, 0.29) is 5.91 Å². The second-order valence-corrected chi connectivity index (χ2v) is 5.81. The Balaban J connectivity index is 2.12. The minimum Gasteiger partial charge on any atom is -0.381 e. The number of aromatic nitrogens is 1. The Morgan fingerprint density at radius 2 is 1.95 bits per heavy atom. The van der Waals surface area contributed by atoms with Crippen LogP contribution in [-0.4, -0.2) is 16.9 Å². The molecule has 1 amide bonds. The van der Waals surface area contributed by atoms with Crippen molar-refractivity contribution < 1.29 is 4.79 Å². The van der Waals surface area contributed by atoms with E-state index < -0.39 is 0 Å². The summed E-state index contributed by atoms with van der Waals surface area (Å²) in [6.45, 7) is 4.16. The van der Waals surface area contributed by atoms with Crippen LogP contribution in [-0.2, 0) is 0 Å². The molecule has 0 aliphatic rings. The maximum absolute atomic E-state index is 12.3. The molecule has 1 aromatic heterocycles. The Kier molecular flexibility index (Phi) is 5.63. The monoisotopic (exact) mass is 337 g/mol. The molecule has 1 atom stereocenters. The van der Waals surface area contributed by atoms with Crippen LogP contribution in [0.3, 0.4) is 0 Å². The van der Waals surface area contributed by atoms with E-state index in [0.717, 1.165) is 12.1 Å². The first kappa shape index (κ1) is 16.6. The van der Waals surface area contributed by atoms with Crippen molar-refractivity contribution in [2.75, 3.05) is 10.6 Å². The third-order valence-electron chi connectivity index (χ3n) is 3.20. The zero-order valence-corrected chi connectivity index (χ0v) is 13.9. The molecule has 0 saturated carbocycles. The van der Waals surface area contributed by atoms with Gasteiger partial charge in [-0.3, -0.25) is 9.78 Å². The highest BCUT2D eigenvalue weighted by atomic mass is 35.5. The third-order valence-corrected chi connectivity index (χ3v) is 3.94. The highest BCUT2D eigenvalue weighted by Crippen LogP contribution is 2.25. The molecular weight excluding hydrogens is 321 g/mol. The number of hydrogen-bond acceptors (Lipinski definition) is 3. The van der Waals surface area contributed by atoms with Gasteiger partial charge in [0.2, 0.25) is 0 Å². The molecule has 0 aliphatic carbocycles. The van der Waals surface area contributed by atoms with Gasteiger partial charge < -0.3 is 10.6 Å². The van der Waals surface area contributed by atoms with E-state index >= 15 is 0 Å². The minimum absolute atomic E-state index is 0.251. The van der Waals surface area contributed by atoms with Crippen LogP contribution < -0.4 is 10.6 Å². The Hall–Kier alpha value is -1.78. The second kappa shape index (κ2) is 7.47. The SMILES string of the molecule is CCC(C)Nc1cncc(C(=O)Nc2ccc(Cl)c(Cl)c2)c1. The van der Waals surface area contributed by atoms with Crippen LogP contribution in [0.4, 0.5) is 11.4 Å². The van der Waals surface area contributed by atoms with E-state index in [9.17, 15) is 4.79 Å². The molecule has 1 aromatic carbocycles. The molecule has 4 nitrogen and oxygen atoms in total. The van der Waals surface area contributed by atoms with Crippen molar-refractivity contribution in [2.45, 2.75) is 26.3 Å². The molecule has 22 heavy (non-hydrogen) atoms. The van der Waals surface area contributed by atoms with Crippen molar-refractivity contribution in [3.05, 3.63) is 52.3 Å². The molecule has 6 heteroatoms. The number of rotatable bonds is 5. The van der Waals surface area contributed by atoms with Crippen LogP contribution in [0.25, 0.3) is 0 Å². The molecule has 2 N–H and O–H groups in total. The van der Waals surface area contributed by atoms with Crippen molar-refractivity contribution in [2.24, 2.45) is 0 Å². The van der Waals surface area contributed by atoms with Gasteiger partial charge in [-0.05, 0) is 37.6 Å². The van der Waals surface area contributed by atoms with E-state index in [0.29, 0.717) is 27.3 Å². The normalized spacial score (nSPS) is 11.8. The number of pyridine rings is 1. The molecule has 2 rings (SSSR count). The summed E-state index contributed by atoms with van der Waals surface area (Å²) >= 11 is 11.8. The summed E-state index contributed by atoms with van der Waals surface area (Å²) in [5.74, 6) is -0.251. The number of halogens is 2. The molecule has 116 valence electrons. The van der Waals surface area contributed by atoms with Crippen molar-refractivity contribution in [3.63, 3.8) is 0 Å². The van der Waals surface area contributed by atoms with E-state index in [1.165, 1.54) is 6.20 Å². The maximum Gasteiger partial charge on any atom is 0.257 e. The van der Waals surface area contributed by atoms with Gasteiger partial charge in [0.05, 0.1) is 21.3 Å². The number of carbonyl (C=O) groups is 1. The summed E-state index contributed by atoms with van der Waals surface area (Å²) < 4.78 is 0. The fourth-order valence-corrected chi connectivity index (χ4v) is 2.10. The molecule has 0 bridgehead atoms. The van der Waals surface area contributed by atoms with Gasteiger partial charge >= 0.3 is 0 Å².